The number of anilines is 3. The Hall–Kier alpha value is -4.32. The molecule has 0 saturated heterocycles. The van der Waals surface area contributed by atoms with Crippen molar-refractivity contribution in [3.63, 3.8) is 0 Å². The third-order valence-electron chi connectivity index (χ3n) is 6.61. The Morgan fingerprint density at radius 1 is 0.657 bits per heavy atom. The van der Waals surface area contributed by atoms with Gasteiger partial charge in [-0.15, -0.1) is 0 Å². The molecule has 6 nitrogen and oxygen atoms in total. The predicted molar refractivity (Wildman–Crippen MR) is 141 cm³/mol. The first kappa shape index (κ1) is 22.5. The number of hydrogen-bond donors (Lipinski definition) is 0. The van der Waals surface area contributed by atoms with Gasteiger partial charge < -0.3 is 9.64 Å². The highest BCUT2D eigenvalue weighted by Crippen LogP contribution is 2.44. The summed E-state index contributed by atoms with van der Waals surface area (Å²) in [6.07, 6.45) is 5.07. The van der Waals surface area contributed by atoms with Crippen LogP contribution < -0.4 is 9.64 Å². The van der Waals surface area contributed by atoms with Gasteiger partial charge in [0.05, 0.1) is 24.7 Å². The van der Waals surface area contributed by atoms with Gasteiger partial charge in [-0.25, -0.2) is 19.9 Å². The van der Waals surface area contributed by atoms with Gasteiger partial charge in [0.1, 0.15) is 5.75 Å². The summed E-state index contributed by atoms with van der Waals surface area (Å²) >= 11 is 0. The Morgan fingerprint density at radius 2 is 1.26 bits per heavy atom. The number of para-hydroxylation sites is 1. The summed E-state index contributed by atoms with van der Waals surface area (Å²) in [6.45, 7) is 8.66. The summed E-state index contributed by atoms with van der Waals surface area (Å²) in [4.78, 5) is 20.2. The molecule has 5 aromatic rings. The van der Waals surface area contributed by atoms with Crippen LogP contribution in [0.25, 0.3) is 22.6 Å². The molecule has 2 aromatic heterocycles. The highest BCUT2D eigenvalue weighted by atomic mass is 16.5. The lowest BCUT2D eigenvalue weighted by Gasteiger charge is -2.31. The van der Waals surface area contributed by atoms with Gasteiger partial charge in [-0.05, 0) is 86.3 Å². The number of aromatic nitrogens is 4. The van der Waals surface area contributed by atoms with Crippen LogP contribution in [0.5, 0.6) is 5.75 Å². The largest absolute Gasteiger partial charge is 0.497 e. The van der Waals surface area contributed by atoms with E-state index in [9.17, 15) is 0 Å². The van der Waals surface area contributed by atoms with Gasteiger partial charge in [0.2, 0.25) is 0 Å². The molecule has 0 fully saturated rings. The van der Waals surface area contributed by atoms with Crippen molar-refractivity contribution in [3.8, 4) is 17.0 Å². The molecule has 174 valence electrons. The second kappa shape index (κ2) is 9.14. The summed E-state index contributed by atoms with van der Waals surface area (Å²) in [7, 11) is 1.69. The Morgan fingerprint density at radius 3 is 1.89 bits per heavy atom. The number of benzene rings is 3. The van der Waals surface area contributed by atoms with Crippen molar-refractivity contribution >= 4 is 28.4 Å². The predicted octanol–water partition coefficient (Wildman–Crippen LogP) is 6.80. The van der Waals surface area contributed by atoms with Crippen LogP contribution in [0.1, 0.15) is 22.3 Å². The number of nitrogens with zero attached hydrogens (tertiary/aromatic N) is 5. The molecule has 0 amide bonds. The Balaban J connectivity index is 1.73. The summed E-state index contributed by atoms with van der Waals surface area (Å²) in [5.74, 6) is 0.830. The third-order valence-corrected chi connectivity index (χ3v) is 6.61. The lowest BCUT2D eigenvalue weighted by Crippen LogP contribution is -2.15. The second-order valence-corrected chi connectivity index (χ2v) is 8.55. The molecule has 0 bridgehead atoms. The minimum Gasteiger partial charge on any atom is -0.497 e. The van der Waals surface area contributed by atoms with Gasteiger partial charge in [-0.1, -0.05) is 18.2 Å². The monoisotopic (exact) mass is 461 g/mol. The van der Waals surface area contributed by atoms with Crippen molar-refractivity contribution in [2.75, 3.05) is 12.0 Å². The quantitative estimate of drug-likeness (QED) is 0.287. The Bertz CT molecular complexity index is 1490. The average Bonchev–Trinajstić information content (AvgIpc) is 2.90. The fraction of sp³-hybridized carbons (Fsp3) is 0.172. The van der Waals surface area contributed by atoms with Gasteiger partial charge in [0.25, 0.3) is 0 Å². The molecule has 0 aliphatic carbocycles. The second-order valence-electron chi connectivity index (χ2n) is 8.55. The van der Waals surface area contributed by atoms with Crippen LogP contribution in [0.4, 0.5) is 17.1 Å². The van der Waals surface area contributed by atoms with E-state index in [0.29, 0.717) is 11.3 Å². The van der Waals surface area contributed by atoms with Crippen LogP contribution in [0.15, 0.2) is 73.2 Å². The van der Waals surface area contributed by atoms with Crippen LogP contribution in [0.3, 0.4) is 0 Å². The van der Waals surface area contributed by atoms with Crippen LogP contribution >= 0.6 is 0 Å². The van der Waals surface area contributed by atoms with Gasteiger partial charge >= 0.3 is 0 Å². The van der Waals surface area contributed by atoms with Crippen molar-refractivity contribution in [2.45, 2.75) is 27.7 Å². The molecule has 5 rings (SSSR count). The van der Waals surface area contributed by atoms with Gasteiger partial charge in [-0.3, -0.25) is 0 Å². The molecular formula is C29H27N5O. The zero-order valence-electron chi connectivity index (χ0n) is 20.6. The first-order valence-corrected chi connectivity index (χ1v) is 11.5. The Kier molecular flexibility index (Phi) is 5.87. The van der Waals surface area contributed by atoms with E-state index in [0.717, 1.165) is 45.2 Å². The van der Waals surface area contributed by atoms with Crippen molar-refractivity contribution < 1.29 is 4.74 Å². The van der Waals surface area contributed by atoms with Gasteiger partial charge in [0, 0.05) is 29.3 Å². The summed E-state index contributed by atoms with van der Waals surface area (Å²) in [6, 6.07) is 18.6. The SMILES string of the molecule is COc1ccc(N(c2ccccc2)c2c(C)c(C)c(-c3cnc4nccnc4n3)c(C)c2C)cc1. The lowest BCUT2D eigenvalue weighted by atomic mass is 9.89. The average molecular weight is 462 g/mol. The maximum Gasteiger partial charge on any atom is 0.198 e. The molecule has 35 heavy (non-hydrogen) atoms. The van der Waals surface area contributed by atoms with Crippen LogP contribution in [-0.2, 0) is 0 Å². The van der Waals surface area contributed by atoms with E-state index < -0.39 is 0 Å². The third kappa shape index (κ3) is 3.97. The van der Waals surface area contributed by atoms with E-state index in [1.54, 1.807) is 25.7 Å². The first-order valence-electron chi connectivity index (χ1n) is 11.5. The first-order chi connectivity index (χ1) is 17.0. The van der Waals surface area contributed by atoms with Gasteiger partial charge in [-0.2, -0.15) is 0 Å². The molecule has 0 saturated carbocycles. The van der Waals surface area contributed by atoms with Crippen molar-refractivity contribution in [3.05, 3.63) is 95.4 Å². The highest BCUT2D eigenvalue weighted by molar-refractivity contribution is 5.86. The maximum absolute atomic E-state index is 5.40. The molecule has 2 heterocycles. The minimum absolute atomic E-state index is 0.548. The van der Waals surface area contributed by atoms with Crippen LogP contribution in [0, 0.1) is 27.7 Å². The summed E-state index contributed by atoms with van der Waals surface area (Å²) < 4.78 is 5.40. The van der Waals surface area contributed by atoms with Crippen LogP contribution in [-0.4, -0.2) is 27.0 Å². The fourth-order valence-corrected chi connectivity index (χ4v) is 4.61. The Labute approximate surface area is 205 Å². The van der Waals surface area contributed by atoms with Gasteiger partial charge in [0.15, 0.2) is 11.3 Å². The minimum atomic E-state index is 0.548. The zero-order chi connectivity index (χ0) is 24.5. The van der Waals surface area contributed by atoms with E-state index in [4.69, 9.17) is 9.72 Å². The molecule has 0 aliphatic rings. The molecule has 0 aliphatic heterocycles. The van der Waals surface area contributed by atoms with Crippen molar-refractivity contribution in [1.29, 1.82) is 0 Å². The number of methoxy groups -OCH3 is 1. The van der Waals surface area contributed by atoms with E-state index in [1.807, 2.05) is 18.2 Å². The topological polar surface area (TPSA) is 64.0 Å². The zero-order valence-corrected chi connectivity index (χ0v) is 20.6. The normalized spacial score (nSPS) is 11.0. The summed E-state index contributed by atoms with van der Waals surface area (Å²) in [5, 5.41) is 0. The highest BCUT2D eigenvalue weighted by Gasteiger charge is 2.23. The molecule has 0 unspecified atom stereocenters. The number of hydrogen-bond acceptors (Lipinski definition) is 6. The van der Waals surface area contributed by atoms with Crippen LogP contribution in [0.2, 0.25) is 0 Å². The molecule has 0 atom stereocenters. The van der Waals surface area contributed by atoms with E-state index >= 15 is 0 Å². The molecular weight excluding hydrogens is 434 g/mol. The summed E-state index contributed by atoms with van der Waals surface area (Å²) in [5.41, 5.74) is 11.0. The number of fused-ring (bicyclic) bond motifs is 1. The van der Waals surface area contributed by atoms with E-state index in [-0.39, 0.29) is 0 Å². The standard InChI is InChI=1S/C29H27N5O/c1-18-20(3)27(34(22-9-7-6-8-10-22)23-11-13-24(35-5)14-12-23)21(4)19(2)26(18)25-17-32-28-29(33-25)31-16-15-30-28/h6-17H,1-5H3. The fourth-order valence-electron chi connectivity index (χ4n) is 4.61. The van der Waals surface area contributed by atoms with E-state index in [1.165, 1.54) is 11.1 Å². The molecule has 3 aromatic carbocycles. The molecule has 0 N–H and O–H groups in total. The molecule has 0 spiro atoms. The molecule has 0 radical (unpaired) electrons. The lowest BCUT2D eigenvalue weighted by molar-refractivity contribution is 0.415. The molecule has 6 heteroatoms. The number of rotatable bonds is 5. The maximum atomic E-state index is 5.40. The van der Waals surface area contributed by atoms with Crippen molar-refractivity contribution in [1.82, 2.24) is 19.9 Å². The number of ether oxygens (including phenoxy) is 1. The van der Waals surface area contributed by atoms with Crippen molar-refractivity contribution in [2.24, 2.45) is 0 Å². The smallest absolute Gasteiger partial charge is 0.198 e. The van der Waals surface area contributed by atoms with E-state index in [2.05, 4.69) is 83.9 Å².